The molecule has 4 atom stereocenters. The Bertz CT molecular complexity index is 188. The van der Waals surface area contributed by atoms with Crippen LogP contribution in [0.2, 0.25) is 0 Å². The molecule has 17 heavy (non-hydrogen) atoms. The average molecular weight is 250 g/mol. The largest absolute Gasteiger partial charge is 0.382 e. The molecule has 1 aliphatic rings. The summed E-state index contributed by atoms with van der Waals surface area (Å²) in [6.07, 6.45) is -0.174. The van der Waals surface area contributed by atoms with Crippen molar-refractivity contribution in [1.82, 2.24) is 0 Å². The quantitative estimate of drug-likeness (QED) is 0.633. The third kappa shape index (κ3) is 4.52. The van der Waals surface area contributed by atoms with Gasteiger partial charge in [-0.1, -0.05) is 7.43 Å². The third-order valence-corrected chi connectivity index (χ3v) is 2.74. The highest BCUT2D eigenvalue weighted by atomic mass is 16.6. The van der Waals surface area contributed by atoms with Gasteiger partial charge in [-0.05, 0) is 6.92 Å². The van der Waals surface area contributed by atoms with Crippen molar-refractivity contribution in [3.8, 4) is 0 Å². The van der Waals surface area contributed by atoms with Crippen LogP contribution in [-0.2, 0) is 23.7 Å². The Morgan fingerprint density at radius 2 is 1.71 bits per heavy atom. The summed E-state index contributed by atoms with van der Waals surface area (Å²) in [7, 11) is 4.97. The summed E-state index contributed by atoms with van der Waals surface area (Å²) in [5.41, 5.74) is 0. The van der Waals surface area contributed by atoms with E-state index in [2.05, 4.69) is 0 Å². The van der Waals surface area contributed by atoms with Gasteiger partial charge in [-0.25, -0.2) is 0 Å². The highest BCUT2D eigenvalue weighted by Gasteiger charge is 2.43. The van der Waals surface area contributed by atoms with Crippen LogP contribution in [0.15, 0.2) is 0 Å². The summed E-state index contributed by atoms with van der Waals surface area (Å²) in [5.74, 6) is 0. The lowest BCUT2D eigenvalue weighted by Crippen LogP contribution is -2.38. The minimum absolute atomic E-state index is 0. The van der Waals surface area contributed by atoms with Gasteiger partial charge in [0.1, 0.15) is 18.3 Å². The van der Waals surface area contributed by atoms with E-state index < -0.39 is 0 Å². The van der Waals surface area contributed by atoms with Gasteiger partial charge in [-0.15, -0.1) is 0 Å². The van der Waals surface area contributed by atoms with Crippen LogP contribution in [-0.4, -0.2) is 65.6 Å². The van der Waals surface area contributed by atoms with E-state index in [1.165, 1.54) is 0 Å². The van der Waals surface area contributed by atoms with Crippen LogP contribution in [0, 0.1) is 0 Å². The first kappa shape index (κ1) is 16.8. The molecule has 0 radical (unpaired) electrons. The maximum atomic E-state index is 5.73. The summed E-state index contributed by atoms with van der Waals surface area (Å²) in [5, 5.41) is 0. The number of methoxy groups -OCH3 is 3. The topological polar surface area (TPSA) is 46.2 Å². The van der Waals surface area contributed by atoms with Gasteiger partial charge in [0.25, 0.3) is 0 Å². The van der Waals surface area contributed by atoms with Crippen molar-refractivity contribution in [3.63, 3.8) is 0 Å². The molecule has 0 aromatic rings. The summed E-state index contributed by atoms with van der Waals surface area (Å²) in [6.45, 7) is 3.63. The third-order valence-electron chi connectivity index (χ3n) is 2.74. The van der Waals surface area contributed by atoms with Gasteiger partial charge in [-0.2, -0.15) is 0 Å². The van der Waals surface area contributed by atoms with E-state index in [0.717, 1.165) is 0 Å². The van der Waals surface area contributed by atoms with Crippen molar-refractivity contribution >= 4 is 0 Å². The minimum atomic E-state index is -0.0770. The Labute approximate surface area is 104 Å². The highest BCUT2D eigenvalue weighted by Crippen LogP contribution is 2.26. The van der Waals surface area contributed by atoms with Gasteiger partial charge < -0.3 is 23.7 Å². The standard InChI is InChI=1S/C11H22O5.CH4/c1-8-10(15-6-5-12-2)11(14-4)9(16-8)7-13-3;/h8-11H,5-7H2,1-4H3;1H4/t8-,9?,10-,11+;/m0./s1. The lowest BCUT2D eigenvalue weighted by atomic mass is 10.1. The molecule has 0 aromatic carbocycles. The first-order valence-electron chi connectivity index (χ1n) is 5.52. The van der Waals surface area contributed by atoms with Crippen LogP contribution >= 0.6 is 0 Å². The van der Waals surface area contributed by atoms with E-state index in [1.807, 2.05) is 6.92 Å². The fourth-order valence-electron chi connectivity index (χ4n) is 1.99. The summed E-state index contributed by atoms with van der Waals surface area (Å²) in [4.78, 5) is 0. The zero-order valence-electron chi connectivity index (χ0n) is 10.5. The maximum absolute atomic E-state index is 5.73. The Morgan fingerprint density at radius 1 is 1.00 bits per heavy atom. The predicted octanol–water partition coefficient (Wildman–Crippen LogP) is 1.10. The summed E-state index contributed by atoms with van der Waals surface area (Å²) >= 11 is 0. The fourth-order valence-corrected chi connectivity index (χ4v) is 1.99. The predicted molar refractivity (Wildman–Crippen MR) is 65.4 cm³/mol. The van der Waals surface area contributed by atoms with Crippen LogP contribution in [0.5, 0.6) is 0 Å². The molecule has 0 spiro atoms. The second kappa shape index (κ2) is 8.83. The zero-order valence-corrected chi connectivity index (χ0v) is 10.5. The van der Waals surface area contributed by atoms with Crippen LogP contribution in [0.3, 0.4) is 0 Å². The first-order chi connectivity index (χ1) is 7.74. The van der Waals surface area contributed by atoms with E-state index in [1.54, 1.807) is 21.3 Å². The van der Waals surface area contributed by atoms with Gasteiger partial charge in [0.15, 0.2) is 0 Å². The van der Waals surface area contributed by atoms with E-state index in [0.29, 0.717) is 19.8 Å². The van der Waals surface area contributed by atoms with Crippen molar-refractivity contribution in [2.24, 2.45) is 0 Å². The second-order valence-corrected chi connectivity index (χ2v) is 3.86. The van der Waals surface area contributed by atoms with Crippen LogP contribution in [0.4, 0.5) is 0 Å². The molecule has 0 bridgehead atoms. The number of rotatable bonds is 7. The van der Waals surface area contributed by atoms with Gasteiger partial charge in [0.2, 0.25) is 0 Å². The molecule has 104 valence electrons. The molecule has 1 rings (SSSR count). The Kier molecular flexibility index (Phi) is 8.72. The molecule has 0 amide bonds. The van der Waals surface area contributed by atoms with Gasteiger partial charge in [0.05, 0.1) is 25.9 Å². The molecule has 1 unspecified atom stereocenters. The molecular weight excluding hydrogens is 224 g/mol. The van der Waals surface area contributed by atoms with Crippen molar-refractivity contribution in [2.45, 2.75) is 38.8 Å². The van der Waals surface area contributed by atoms with Crippen LogP contribution in [0.1, 0.15) is 14.4 Å². The van der Waals surface area contributed by atoms with Crippen molar-refractivity contribution in [2.75, 3.05) is 41.2 Å². The second-order valence-electron chi connectivity index (χ2n) is 3.86. The zero-order chi connectivity index (χ0) is 12.0. The van der Waals surface area contributed by atoms with Crippen molar-refractivity contribution in [3.05, 3.63) is 0 Å². The minimum Gasteiger partial charge on any atom is -0.382 e. The molecule has 0 aliphatic carbocycles. The van der Waals surface area contributed by atoms with E-state index >= 15 is 0 Å². The molecule has 1 heterocycles. The number of hydrogen-bond donors (Lipinski definition) is 0. The number of ether oxygens (including phenoxy) is 5. The van der Waals surface area contributed by atoms with Crippen LogP contribution in [0.25, 0.3) is 0 Å². The Balaban J connectivity index is 0.00000256. The number of hydrogen-bond acceptors (Lipinski definition) is 5. The SMILES string of the molecule is C.COCCO[C@H]1[C@H](C)OC(COC)[C@H]1OC. The first-order valence-corrected chi connectivity index (χ1v) is 5.52. The van der Waals surface area contributed by atoms with Gasteiger partial charge >= 0.3 is 0 Å². The molecule has 0 N–H and O–H groups in total. The van der Waals surface area contributed by atoms with Gasteiger partial charge in [-0.3, -0.25) is 0 Å². The smallest absolute Gasteiger partial charge is 0.114 e. The molecule has 1 saturated heterocycles. The molecular formula is C12H26O5. The Hall–Kier alpha value is -0.200. The van der Waals surface area contributed by atoms with Crippen molar-refractivity contribution < 1.29 is 23.7 Å². The van der Waals surface area contributed by atoms with Crippen molar-refractivity contribution in [1.29, 1.82) is 0 Å². The van der Waals surface area contributed by atoms with E-state index in [-0.39, 0.29) is 31.8 Å². The summed E-state index contributed by atoms with van der Waals surface area (Å²) in [6, 6.07) is 0. The van der Waals surface area contributed by atoms with E-state index in [9.17, 15) is 0 Å². The molecule has 5 heteroatoms. The molecule has 0 aromatic heterocycles. The van der Waals surface area contributed by atoms with Gasteiger partial charge in [0, 0.05) is 21.3 Å². The Morgan fingerprint density at radius 3 is 2.24 bits per heavy atom. The molecule has 5 nitrogen and oxygen atoms in total. The fraction of sp³-hybridized carbons (Fsp3) is 1.00. The summed E-state index contributed by atoms with van der Waals surface area (Å²) < 4.78 is 26.9. The monoisotopic (exact) mass is 250 g/mol. The van der Waals surface area contributed by atoms with E-state index in [4.69, 9.17) is 23.7 Å². The lowest BCUT2D eigenvalue weighted by molar-refractivity contribution is -0.0644. The maximum Gasteiger partial charge on any atom is 0.114 e. The average Bonchev–Trinajstić information content (AvgIpc) is 2.56. The lowest BCUT2D eigenvalue weighted by Gasteiger charge is -2.22. The normalized spacial score (nSPS) is 32.5. The molecule has 1 fully saturated rings. The molecule has 0 saturated carbocycles. The molecule has 1 aliphatic heterocycles. The highest BCUT2D eigenvalue weighted by molar-refractivity contribution is 4.90. The van der Waals surface area contributed by atoms with Crippen LogP contribution < -0.4 is 0 Å².